The summed E-state index contributed by atoms with van der Waals surface area (Å²) in [6.45, 7) is 6.84. The topological polar surface area (TPSA) is 62.1 Å². The zero-order chi connectivity index (χ0) is 12.2. The van der Waals surface area contributed by atoms with Gasteiger partial charge >= 0.3 is 0 Å². The van der Waals surface area contributed by atoms with Crippen LogP contribution in [0.4, 0.5) is 0 Å². The zero-order valence-corrected chi connectivity index (χ0v) is 10.3. The highest BCUT2D eigenvalue weighted by atomic mass is 16.5. The van der Waals surface area contributed by atoms with Crippen LogP contribution in [-0.2, 0) is 9.53 Å². The van der Waals surface area contributed by atoms with Crippen molar-refractivity contribution in [3.63, 3.8) is 0 Å². The molecule has 0 bridgehead atoms. The molecule has 4 nitrogen and oxygen atoms in total. The van der Waals surface area contributed by atoms with Crippen LogP contribution in [0.25, 0.3) is 0 Å². The van der Waals surface area contributed by atoms with Crippen molar-refractivity contribution in [3.05, 3.63) is 0 Å². The molecule has 0 saturated heterocycles. The number of rotatable bonds is 5. The number of carbonyl (C=O) groups excluding carboxylic acids is 1. The van der Waals surface area contributed by atoms with E-state index >= 15 is 0 Å². The maximum absolute atomic E-state index is 11.8. The van der Waals surface area contributed by atoms with Crippen LogP contribution < -0.4 is 5.32 Å². The van der Waals surface area contributed by atoms with Gasteiger partial charge in [0.2, 0.25) is 5.91 Å². The van der Waals surface area contributed by atoms with Crippen molar-refractivity contribution in [3.8, 4) is 6.07 Å². The van der Waals surface area contributed by atoms with Gasteiger partial charge in [0.25, 0.3) is 0 Å². The molecule has 0 unspecified atom stereocenters. The molecule has 1 aliphatic carbocycles. The number of amides is 1. The highest BCUT2D eigenvalue weighted by Gasteiger charge is 2.44. The van der Waals surface area contributed by atoms with Crippen LogP contribution >= 0.6 is 0 Å². The van der Waals surface area contributed by atoms with E-state index in [1.54, 1.807) is 0 Å². The highest BCUT2D eigenvalue weighted by molar-refractivity contribution is 5.86. The molecule has 1 saturated carbocycles. The lowest BCUT2D eigenvalue weighted by Gasteiger charge is -2.34. The molecular weight excluding hydrogens is 204 g/mol. The Morgan fingerprint density at radius 3 is 2.56 bits per heavy atom. The summed E-state index contributed by atoms with van der Waals surface area (Å²) >= 11 is 0. The average Bonchev–Trinajstić information content (AvgIpc) is 2.14. The lowest BCUT2D eigenvalue weighted by atomic mass is 9.69. The number of hydrogen-bond donors (Lipinski definition) is 1. The van der Waals surface area contributed by atoms with Gasteiger partial charge in [0, 0.05) is 13.2 Å². The fourth-order valence-corrected chi connectivity index (χ4v) is 1.82. The van der Waals surface area contributed by atoms with Crippen LogP contribution in [-0.4, -0.2) is 24.7 Å². The molecule has 1 rings (SSSR count). The number of ether oxygens (including phenoxy) is 1. The van der Waals surface area contributed by atoms with E-state index in [1.807, 2.05) is 20.8 Å². The van der Waals surface area contributed by atoms with Crippen molar-refractivity contribution < 1.29 is 9.53 Å². The minimum Gasteiger partial charge on any atom is -0.374 e. The molecule has 1 aliphatic rings. The second-order valence-corrected chi connectivity index (χ2v) is 4.92. The van der Waals surface area contributed by atoms with E-state index in [0.29, 0.717) is 26.0 Å². The number of nitrogens with zero attached hydrogens (tertiary/aromatic N) is 1. The van der Waals surface area contributed by atoms with Crippen LogP contribution in [0.5, 0.6) is 0 Å². The molecule has 0 aliphatic heterocycles. The van der Waals surface area contributed by atoms with Gasteiger partial charge in [0.15, 0.2) is 0 Å². The Kier molecular flexibility index (Phi) is 3.93. The van der Waals surface area contributed by atoms with E-state index in [4.69, 9.17) is 10.00 Å². The normalized spacial score (nSPS) is 18.4. The Labute approximate surface area is 97.0 Å². The Bertz CT molecular complexity index is 301. The van der Waals surface area contributed by atoms with Crippen molar-refractivity contribution in [2.24, 2.45) is 5.41 Å². The first-order chi connectivity index (χ1) is 7.46. The minimum atomic E-state index is -0.762. The summed E-state index contributed by atoms with van der Waals surface area (Å²) in [6, 6.07) is 2.13. The van der Waals surface area contributed by atoms with E-state index in [0.717, 1.165) is 6.42 Å². The summed E-state index contributed by atoms with van der Waals surface area (Å²) in [5, 5.41) is 11.8. The molecule has 4 heteroatoms. The average molecular weight is 224 g/mol. The van der Waals surface area contributed by atoms with Gasteiger partial charge in [-0.15, -0.1) is 0 Å². The van der Waals surface area contributed by atoms with E-state index in [-0.39, 0.29) is 11.5 Å². The Morgan fingerprint density at radius 2 is 2.19 bits per heavy atom. The number of carbonyl (C=O) groups is 1. The number of hydrogen-bond acceptors (Lipinski definition) is 3. The molecule has 1 N–H and O–H groups in total. The molecule has 0 aromatic carbocycles. The van der Waals surface area contributed by atoms with E-state index < -0.39 is 5.41 Å². The van der Waals surface area contributed by atoms with Crippen LogP contribution in [0.3, 0.4) is 0 Å². The van der Waals surface area contributed by atoms with Gasteiger partial charge in [-0.05, 0) is 40.0 Å². The molecule has 16 heavy (non-hydrogen) atoms. The molecule has 1 fully saturated rings. The standard InChI is InChI=1S/C12H20N2O2/c1-4-16-11(2,3)9-14-10(15)12(8-13)6-5-7-12/h4-7,9H2,1-3H3,(H,14,15). The molecule has 0 aromatic heterocycles. The zero-order valence-electron chi connectivity index (χ0n) is 10.3. The molecule has 0 heterocycles. The van der Waals surface area contributed by atoms with E-state index in [9.17, 15) is 4.79 Å². The van der Waals surface area contributed by atoms with Gasteiger partial charge in [0.05, 0.1) is 11.7 Å². The van der Waals surface area contributed by atoms with Gasteiger partial charge < -0.3 is 10.1 Å². The first-order valence-electron chi connectivity index (χ1n) is 5.79. The summed E-state index contributed by atoms with van der Waals surface area (Å²) in [5.74, 6) is -0.144. The largest absolute Gasteiger partial charge is 0.374 e. The third-order valence-electron chi connectivity index (χ3n) is 3.07. The second kappa shape index (κ2) is 4.84. The second-order valence-electron chi connectivity index (χ2n) is 4.92. The molecule has 0 spiro atoms. The first-order valence-corrected chi connectivity index (χ1v) is 5.79. The Morgan fingerprint density at radius 1 is 1.56 bits per heavy atom. The van der Waals surface area contributed by atoms with Gasteiger partial charge in [0.1, 0.15) is 5.41 Å². The Balaban J connectivity index is 2.44. The van der Waals surface area contributed by atoms with Gasteiger partial charge in [-0.3, -0.25) is 4.79 Å². The molecule has 1 amide bonds. The summed E-state index contributed by atoms with van der Waals surface area (Å²) in [6.07, 6.45) is 2.34. The predicted octanol–water partition coefficient (Wildman–Crippen LogP) is 1.61. The molecule has 90 valence electrons. The van der Waals surface area contributed by atoms with Crippen molar-refractivity contribution in [2.75, 3.05) is 13.2 Å². The first kappa shape index (κ1) is 13.0. The quantitative estimate of drug-likeness (QED) is 0.771. The maximum Gasteiger partial charge on any atom is 0.240 e. The van der Waals surface area contributed by atoms with Crippen molar-refractivity contribution in [2.45, 2.75) is 45.6 Å². The summed E-state index contributed by atoms with van der Waals surface area (Å²) in [4.78, 5) is 11.8. The fourth-order valence-electron chi connectivity index (χ4n) is 1.82. The minimum absolute atomic E-state index is 0.144. The number of nitrogens with one attached hydrogen (secondary N) is 1. The maximum atomic E-state index is 11.8. The fraction of sp³-hybridized carbons (Fsp3) is 0.833. The van der Waals surface area contributed by atoms with E-state index in [2.05, 4.69) is 11.4 Å². The molecule has 0 radical (unpaired) electrons. The smallest absolute Gasteiger partial charge is 0.240 e. The van der Waals surface area contributed by atoms with Crippen LogP contribution in [0.1, 0.15) is 40.0 Å². The van der Waals surface area contributed by atoms with Crippen LogP contribution in [0.2, 0.25) is 0 Å². The summed E-state index contributed by atoms with van der Waals surface area (Å²) in [5.41, 5.74) is -1.13. The lowest BCUT2D eigenvalue weighted by molar-refractivity contribution is -0.133. The monoisotopic (exact) mass is 224 g/mol. The Hall–Kier alpha value is -1.08. The van der Waals surface area contributed by atoms with Crippen molar-refractivity contribution >= 4 is 5.91 Å². The van der Waals surface area contributed by atoms with E-state index in [1.165, 1.54) is 0 Å². The summed E-state index contributed by atoms with van der Waals surface area (Å²) < 4.78 is 5.48. The molecule has 0 aromatic rings. The number of nitriles is 1. The highest BCUT2D eigenvalue weighted by Crippen LogP contribution is 2.40. The van der Waals surface area contributed by atoms with Crippen molar-refractivity contribution in [1.82, 2.24) is 5.32 Å². The molecule has 0 atom stereocenters. The van der Waals surface area contributed by atoms with Gasteiger partial charge in [-0.2, -0.15) is 5.26 Å². The predicted molar refractivity (Wildman–Crippen MR) is 60.6 cm³/mol. The van der Waals surface area contributed by atoms with Crippen molar-refractivity contribution in [1.29, 1.82) is 5.26 Å². The van der Waals surface area contributed by atoms with Gasteiger partial charge in [-0.25, -0.2) is 0 Å². The summed E-state index contributed by atoms with van der Waals surface area (Å²) in [7, 11) is 0. The third-order valence-corrected chi connectivity index (χ3v) is 3.07. The van der Waals surface area contributed by atoms with Gasteiger partial charge in [-0.1, -0.05) is 0 Å². The van der Waals surface area contributed by atoms with Crippen LogP contribution in [0, 0.1) is 16.7 Å². The van der Waals surface area contributed by atoms with Crippen LogP contribution in [0.15, 0.2) is 0 Å². The SMILES string of the molecule is CCOC(C)(C)CNC(=O)C1(C#N)CCC1. The lowest BCUT2D eigenvalue weighted by Crippen LogP contribution is -2.49. The molecular formula is C12H20N2O2. The third kappa shape index (κ3) is 2.73.